The van der Waals surface area contributed by atoms with Gasteiger partial charge in [0.2, 0.25) is 5.75 Å². The average molecular weight is 385 g/mol. The van der Waals surface area contributed by atoms with Crippen molar-refractivity contribution >= 4 is 15.9 Å². The van der Waals surface area contributed by atoms with Gasteiger partial charge in [-0.05, 0) is 34.8 Å². The van der Waals surface area contributed by atoms with E-state index in [0.29, 0.717) is 17.2 Å². The summed E-state index contributed by atoms with van der Waals surface area (Å²) in [6.45, 7) is 6.15. The quantitative estimate of drug-likeness (QED) is 0.625. The minimum Gasteiger partial charge on any atom is -0.493 e. The van der Waals surface area contributed by atoms with Gasteiger partial charge >= 0.3 is 0 Å². The van der Waals surface area contributed by atoms with Gasteiger partial charge in [-0.1, -0.05) is 19.4 Å². The monoisotopic (exact) mass is 384 g/mol. The molecule has 1 aliphatic rings. The topological polar surface area (TPSA) is 36.9 Å². The number of rotatable bonds is 7. The molecule has 2 rings (SSSR count). The molecule has 0 radical (unpaired) electrons. The fourth-order valence-corrected chi connectivity index (χ4v) is 3.85. The summed E-state index contributed by atoms with van der Waals surface area (Å²) in [6.07, 6.45) is 5.34. The van der Waals surface area contributed by atoms with E-state index in [1.807, 2.05) is 12.1 Å². The molecule has 5 heteroatoms. The Hall–Kier alpha value is -1.20. The van der Waals surface area contributed by atoms with Gasteiger partial charge in [0.1, 0.15) is 0 Å². The number of benzene rings is 1. The van der Waals surface area contributed by atoms with Crippen molar-refractivity contribution in [2.75, 3.05) is 21.3 Å². The van der Waals surface area contributed by atoms with Crippen molar-refractivity contribution in [3.05, 3.63) is 28.8 Å². The number of hydrogen-bond donors (Lipinski definition) is 0. The molecular weight excluding hydrogens is 360 g/mol. The van der Waals surface area contributed by atoms with Crippen LogP contribution < -0.4 is 14.2 Å². The Balaban J connectivity index is 2.47. The van der Waals surface area contributed by atoms with Gasteiger partial charge in [-0.2, -0.15) is 0 Å². The van der Waals surface area contributed by atoms with Gasteiger partial charge < -0.3 is 18.9 Å². The highest BCUT2D eigenvalue weighted by molar-refractivity contribution is 9.10. The van der Waals surface area contributed by atoms with Crippen LogP contribution in [0.25, 0.3) is 0 Å². The first kappa shape index (κ1) is 18.1. The summed E-state index contributed by atoms with van der Waals surface area (Å²) >= 11 is 3.65. The summed E-state index contributed by atoms with van der Waals surface area (Å²) in [7, 11) is 4.84. The van der Waals surface area contributed by atoms with Crippen molar-refractivity contribution in [1.29, 1.82) is 0 Å². The van der Waals surface area contributed by atoms with E-state index in [-0.39, 0.29) is 18.1 Å². The average Bonchev–Trinajstić information content (AvgIpc) is 2.97. The van der Waals surface area contributed by atoms with Crippen molar-refractivity contribution in [3.8, 4) is 17.2 Å². The highest BCUT2D eigenvalue weighted by Crippen LogP contribution is 2.50. The van der Waals surface area contributed by atoms with E-state index < -0.39 is 0 Å². The van der Waals surface area contributed by atoms with Gasteiger partial charge in [0.05, 0.1) is 38.0 Å². The third kappa shape index (κ3) is 3.50. The lowest BCUT2D eigenvalue weighted by molar-refractivity contribution is 0.0328. The van der Waals surface area contributed by atoms with Crippen LogP contribution in [0.2, 0.25) is 0 Å². The third-order valence-corrected chi connectivity index (χ3v) is 5.10. The number of halogens is 1. The molecule has 1 fully saturated rings. The molecule has 1 saturated heterocycles. The van der Waals surface area contributed by atoms with Crippen LogP contribution in [0.3, 0.4) is 0 Å². The molecule has 0 amide bonds. The number of methoxy groups -OCH3 is 3. The van der Waals surface area contributed by atoms with Crippen LogP contribution in [0.15, 0.2) is 23.2 Å². The van der Waals surface area contributed by atoms with Gasteiger partial charge in [0, 0.05) is 11.5 Å². The fourth-order valence-electron chi connectivity index (χ4n) is 3.17. The Labute approximate surface area is 146 Å². The predicted molar refractivity (Wildman–Crippen MR) is 94.6 cm³/mol. The van der Waals surface area contributed by atoms with E-state index in [2.05, 4.69) is 29.4 Å². The lowest BCUT2D eigenvalue weighted by Crippen LogP contribution is -2.09. The second-order valence-electron chi connectivity index (χ2n) is 5.65. The number of ether oxygens (including phenoxy) is 4. The van der Waals surface area contributed by atoms with Crippen molar-refractivity contribution in [2.24, 2.45) is 5.92 Å². The zero-order valence-corrected chi connectivity index (χ0v) is 15.8. The van der Waals surface area contributed by atoms with Gasteiger partial charge in [-0.15, -0.1) is 6.58 Å². The van der Waals surface area contributed by atoms with Gasteiger partial charge in [-0.3, -0.25) is 0 Å². The second kappa shape index (κ2) is 8.06. The molecule has 1 heterocycles. The second-order valence-corrected chi connectivity index (χ2v) is 6.44. The Bertz CT molecular complexity index is 558. The molecule has 0 bridgehead atoms. The van der Waals surface area contributed by atoms with Crippen LogP contribution in [-0.2, 0) is 4.74 Å². The molecule has 128 valence electrons. The van der Waals surface area contributed by atoms with E-state index in [0.717, 1.165) is 29.3 Å². The van der Waals surface area contributed by atoms with E-state index in [4.69, 9.17) is 18.9 Å². The van der Waals surface area contributed by atoms with Crippen LogP contribution in [0.4, 0.5) is 0 Å². The first-order valence-corrected chi connectivity index (χ1v) is 8.66. The summed E-state index contributed by atoms with van der Waals surface area (Å²) in [5.41, 5.74) is 1.00. The molecule has 3 atom stereocenters. The molecule has 0 spiro atoms. The highest BCUT2D eigenvalue weighted by atomic mass is 79.9. The maximum absolute atomic E-state index is 6.29. The van der Waals surface area contributed by atoms with Crippen LogP contribution >= 0.6 is 15.9 Å². The van der Waals surface area contributed by atoms with E-state index >= 15 is 0 Å². The minimum absolute atomic E-state index is 0.0628. The summed E-state index contributed by atoms with van der Waals surface area (Å²) in [4.78, 5) is 0. The van der Waals surface area contributed by atoms with E-state index in [9.17, 15) is 0 Å². The van der Waals surface area contributed by atoms with Crippen LogP contribution in [-0.4, -0.2) is 27.4 Å². The number of hydrogen-bond acceptors (Lipinski definition) is 4. The molecule has 23 heavy (non-hydrogen) atoms. The van der Waals surface area contributed by atoms with E-state index in [1.165, 1.54) is 0 Å². The lowest BCUT2D eigenvalue weighted by Gasteiger charge is -2.22. The Morgan fingerprint density at radius 3 is 2.48 bits per heavy atom. The maximum Gasteiger partial charge on any atom is 0.204 e. The van der Waals surface area contributed by atoms with Crippen molar-refractivity contribution in [3.63, 3.8) is 0 Å². The molecular formula is C18H25BrO4. The largest absolute Gasteiger partial charge is 0.493 e. The molecule has 0 aliphatic carbocycles. The maximum atomic E-state index is 6.29. The van der Waals surface area contributed by atoms with Gasteiger partial charge in [0.25, 0.3) is 0 Å². The molecule has 4 nitrogen and oxygen atoms in total. The standard InChI is InChI=1S/C18H25BrO4/c1-6-8-12-9-11(7-2)16(23-12)13-10-14(20-3)17(21-4)18(22-5)15(13)19/h7,10-12,16H,2,6,8-9H2,1,3-5H3/t11-,12+,16+/m1/s1. The fraction of sp³-hybridized carbons (Fsp3) is 0.556. The highest BCUT2D eigenvalue weighted by Gasteiger charge is 2.36. The Kier molecular flexibility index (Phi) is 6.36. The van der Waals surface area contributed by atoms with E-state index in [1.54, 1.807) is 21.3 Å². The predicted octanol–water partition coefficient (Wildman–Crippen LogP) is 4.91. The molecule has 0 N–H and O–H groups in total. The van der Waals surface area contributed by atoms with Crippen LogP contribution in [0.5, 0.6) is 17.2 Å². The SMILES string of the molecule is C=C[C@@H]1C[C@H](CCC)O[C@@H]1c1cc(OC)c(OC)c(OC)c1Br. The molecule has 1 aromatic rings. The Morgan fingerprint density at radius 2 is 1.96 bits per heavy atom. The van der Waals surface area contributed by atoms with Crippen molar-refractivity contribution in [2.45, 2.75) is 38.4 Å². The Morgan fingerprint density at radius 1 is 1.26 bits per heavy atom. The van der Waals surface area contributed by atoms with Crippen LogP contribution in [0.1, 0.15) is 37.9 Å². The third-order valence-electron chi connectivity index (χ3n) is 4.28. The molecule has 0 saturated carbocycles. The summed E-state index contributed by atoms with van der Waals surface area (Å²) < 4.78 is 23.5. The molecule has 0 unspecified atom stereocenters. The zero-order valence-electron chi connectivity index (χ0n) is 14.2. The normalized spacial score (nSPS) is 23.6. The summed E-state index contributed by atoms with van der Waals surface area (Å²) in [5, 5.41) is 0. The van der Waals surface area contributed by atoms with Crippen molar-refractivity contribution < 1.29 is 18.9 Å². The zero-order chi connectivity index (χ0) is 17.0. The van der Waals surface area contributed by atoms with Gasteiger partial charge in [-0.25, -0.2) is 0 Å². The van der Waals surface area contributed by atoms with Gasteiger partial charge in [0.15, 0.2) is 11.5 Å². The van der Waals surface area contributed by atoms with Crippen molar-refractivity contribution in [1.82, 2.24) is 0 Å². The molecule has 1 aliphatic heterocycles. The summed E-state index contributed by atoms with van der Waals surface area (Å²) in [6, 6.07) is 1.96. The smallest absolute Gasteiger partial charge is 0.204 e. The molecule has 1 aromatic carbocycles. The lowest BCUT2D eigenvalue weighted by atomic mass is 9.93. The van der Waals surface area contributed by atoms with Crippen LogP contribution in [0, 0.1) is 5.92 Å². The first-order chi connectivity index (χ1) is 11.1. The molecule has 0 aromatic heterocycles. The first-order valence-electron chi connectivity index (χ1n) is 7.87. The minimum atomic E-state index is -0.0628. The summed E-state index contributed by atoms with van der Waals surface area (Å²) in [5.74, 6) is 2.09.